The lowest BCUT2D eigenvalue weighted by atomic mass is 9.98. The molecular weight excluding hydrogens is 254 g/mol. The summed E-state index contributed by atoms with van der Waals surface area (Å²) >= 11 is 0. The first-order valence-corrected chi connectivity index (χ1v) is 6.93. The third-order valence-electron chi connectivity index (χ3n) is 2.69. The summed E-state index contributed by atoms with van der Waals surface area (Å²) in [5.74, 6) is -1.12. The molecule has 0 heterocycles. The summed E-state index contributed by atoms with van der Waals surface area (Å²) < 4.78 is 25.0. The average molecular weight is 271 g/mol. The molecule has 1 aromatic carbocycles. The summed E-state index contributed by atoms with van der Waals surface area (Å²) in [6, 6.07) is 6.40. The number of carboxylic acid groups (broad SMARTS) is 1. The van der Waals surface area contributed by atoms with Crippen molar-refractivity contribution in [1.82, 2.24) is 4.31 Å². The van der Waals surface area contributed by atoms with Gasteiger partial charge in [-0.05, 0) is 23.6 Å². The molecule has 0 bridgehead atoms. The van der Waals surface area contributed by atoms with E-state index < -0.39 is 16.0 Å². The van der Waals surface area contributed by atoms with E-state index in [1.54, 1.807) is 19.1 Å². The van der Waals surface area contributed by atoms with Gasteiger partial charge in [0, 0.05) is 14.1 Å². The molecule has 1 atom stereocenters. The SMILES string of the molecule is CC(CC(=O)O)c1cccc(S(=O)(=O)N(C)C)c1. The summed E-state index contributed by atoms with van der Waals surface area (Å²) in [6.45, 7) is 1.76. The number of carboxylic acids is 1. The lowest BCUT2D eigenvalue weighted by Gasteiger charge is -2.14. The van der Waals surface area contributed by atoms with Crippen molar-refractivity contribution >= 4 is 16.0 Å². The van der Waals surface area contributed by atoms with Crippen LogP contribution in [0.15, 0.2) is 29.2 Å². The van der Waals surface area contributed by atoms with E-state index in [9.17, 15) is 13.2 Å². The largest absolute Gasteiger partial charge is 0.481 e. The van der Waals surface area contributed by atoms with E-state index in [-0.39, 0.29) is 17.2 Å². The highest BCUT2D eigenvalue weighted by molar-refractivity contribution is 7.89. The van der Waals surface area contributed by atoms with Gasteiger partial charge < -0.3 is 5.11 Å². The molecule has 1 unspecified atom stereocenters. The monoisotopic (exact) mass is 271 g/mol. The molecule has 0 aromatic heterocycles. The van der Waals surface area contributed by atoms with Gasteiger partial charge in [-0.2, -0.15) is 0 Å². The normalized spacial score (nSPS) is 13.6. The maximum Gasteiger partial charge on any atom is 0.303 e. The molecule has 1 rings (SSSR count). The smallest absolute Gasteiger partial charge is 0.303 e. The van der Waals surface area contributed by atoms with Crippen LogP contribution in [0.2, 0.25) is 0 Å². The third kappa shape index (κ3) is 3.30. The van der Waals surface area contributed by atoms with E-state index in [2.05, 4.69) is 0 Å². The third-order valence-corrected chi connectivity index (χ3v) is 4.50. The van der Waals surface area contributed by atoms with Gasteiger partial charge in [0.1, 0.15) is 0 Å². The highest BCUT2D eigenvalue weighted by Crippen LogP contribution is 2.23. The number of aliphatic carboxylic acids is 1. The van der Waals surface area contributed by atoms with Gasteiger partial charge in [-0.3, -0.25) is 4.79 Å². The predicted octanol–water partition coefficient (Wildman–Crippen LogP) is 1.52. The fraction of sp³-hybridized carbons (Fsp3) is 0.417. The average Bonchev–Trinajstić information content (AvgIpc) is 2.28. The highest BCUT2D eigenvalue weighted by Gasteiger charge is 2.19. The Balaban J connectivity index is 3.11. The van der Waals surface area contributed by atoms with Gasteiger partial charge in [0.15, 0.2) is 0 Å². The summed E-state index contributed by atoms with van der Waals surface area (Å²) in [4.78, 5) is 10.8. The van der Waals surface area contributed by atoms with Crippen LogP contribution in [0.1, 0.15) is 24.8 Å². The molecule has 1 aromatic rings. The van der Waals surface area contributed by atoms with Gasteiger partial charge in [0.05, 0.1) is 11.3 Å². The molecular formula is C12H17NO4S. The molecule has 0 aliphatic heterocycles. The van der Waals surface area contributed by atoms with E-state index in [4.69, 9.17) is 5.11 Å². The van der Waals surface area contributed by atoms with Gasteiger partial charge in [-0.15, -0.1) is 0 Å². The summed E-state index contributed by atoms with van der Waals surface area (Å²) in [5, 5.41) is 8.74. The Hall–Kier alpha value is -1.40. The van der Waals surface area contributed by atoms with E-state index in [1.807, 2.05) is 0 Å². The van der Waals surface area contributed by atoms with E-state index in [0.29, 0.717) is 5.56 Å². The summed E-state index contributed by atoms with van der Waals surface area (Å²) in [5.41, 5.74) is 0.709. The van der Waals surface area contributed by atoms with E-state index in [0.717, 1.165) is 4.31 Å². The number of hydrogen-bond acceptors (Lipinski definition) is 3. The Morgan fingerprint density at radius 1 is 1.39 bits per heavy atom. The molecule has 0 aliphatic carbocycles. The van der Waals surface area contributed by atoms with Crippen LogP contribution in [-0.4, -0.2) is 37.9 Å². The zero-order valence-corrected chi connectivity index (χ0v) is 11.4. The lowest BCUT2D eigenvalue weighted by Crippen LogP contribution is -2.22. The van der Waals surface area contributed by atoms with Gasteiger partial charge in [0.25, 0.3) is 0 Å². The van der Waals surface area contributed by atoms with Crippen molar-refractivity contribution in [2.24, 2.45) is 0 Å². The number of sulfonamides is 1. The van der Waals surface area contributed by atoms with Crippen LogP contribution in [0.4, 0.5) is 0 Å². The van der Waals surface area contributed by atoms with Gasteiger partial charge in [-0.1, -0.05) is 19.1 Å². The van der Waals surface area contributed by atoms with E-state index in [1.165, 1.54) is 26.2 Å². The van der Waals surface area contributed by atoms with Crippen LogP contribution >= 0.6 is 0 Å². The molecule has 0 radical (unpaired) electrons. The second-order valence-corrected chi connectivity index (χ2v) is 6.51. The molecule has 0 aliphatic rings. The van der Waals surface area contributed by atoms with Crippen molar-refractivity contribution < 1.29 is 18.3 Å². The van der Waals surface area contributed by atoms with Crippen LogP contribution in [-0.2, 0) is 14.8 Å². The zero-order chi connectivity index (χ0) is 13.9. The Labute approximate surface area is 107 Å². The first-order chi connectivity index (χ1) is 8.25. The molecule has 100 valence electrons. The molecule has 18 heavy (non-hydrogen) atoms. The van der Waals surface area contributed by atoms with Crippen LogP contribution < -0.4 is 0 Å². The fourth-order valence-corrected chi connectivity index (χ4v) is 2.53. The number of carbonyl (C=O) groups is 1. The van der Waals surface area contributed by atoms with Gasteiger partial charge in [-0.25, -0.2) is 12.7 Å². The summed E-state index contributed by atoms with van der Waals surface area (Å²) in [7, 11) is -0.553. The Kier molecular flexibility index (Phi) is 4.48. The minimum absolute atomic E-state index is 0.0224. The Morgan fingerprint density at radius 3 is 2.50 bits per heavy atom. The molecule has 5 nitrogen and oxygen atoms in total. The fourth-order valence-electron chi connectivity index (χ4n) is 1.57. The first kappa shape index (κ1) is 14.7. The lowest BCUT2D eigenvalue weighted by molar-refractivity contribution is -0.137. The van der Waals surface area contributed by atoms with Crippen LogP contribution in [0.3, 0.4) is 0 Å². The number of benzene rings is 1. The zero-order valence-electron chi connectivity index (χ0n) is 10.6. The highest BCUT2D eigenvalue weighted by atomic mass is 32.2. The molecule has 0 spiro atoms. The number of rotatable bonds is 5. The second kappa shape index (κ2) is 5.49. The topological polar surface area (TPSA) is 74.7 Å². The molecule has 0 fully saturated rings. The van der Waals surface area contributed by atoms with Crippen molar-refractivity contribution in [3.05, 3.63) is 29.8 Å². The Bertz CT molecular complexity index is 537. The molecule has 0 saturated carbocycles. The maximum atomic E-state index is 11.9. The summed E-state index contributed by atoms with van der Waals surface area (Å²) in [6.07, 6.45) is -0.0224. The molecule has 6 heteroatoms. The molecule has 1 N–H and O–H groups in total. The number of nitrogens with zero attached hydrogens (tertiary/aromatic N) is 1. The first-order valence-electron chi connectivity index (χ1n) is 5.49. The van der Waals surface area contributed by atoms with Crippen molar-refractivity contribution in [3.8, 4) is 0 Å². The minimum atomic E-state index is -3.48. The molecule has 0 saturated heterocycles. The van der Waals surface area contributed by atoms with Crippen LogP contribution in [0.5, 0.6) is 0 Å². The van der Waals surface area contributed by atoms with Crippen LogP contribution in [0, 0.1) is 0 Å². The van der Waals surface area contributed by atoms with E-state index >= 15 is 0 Å². The van der Waals surface area contributed by atoms with Crippen molar-refractivity contribution in [1.29, 1.82) is 0 Å². The van der Waals surface area contributed by atoms with Crippen molar-refractivity contribution in [3.63, 3.8) is 0 Å². The predicted molar refractivity (Wildman–Crippen MR) is 68.0 cm³/mol. The second-order valence-electron chi connectivity index (χ2n) is 4.36. The van der Waals surface area contributed by atoms with Gasteiger partial charge >= 0.3 is 5.97 Å². The van der Waals surface area contributed by atoms with Crippen LogP contribution in [0.25, 0.3) is 0 Å². The quantitative estimate of drug-likeness (QED) is 0.881. The Morgan fingerprint density at radius 2 is 2.00 bits per heavy atom. The van der Waals surface area contributed by atoms with Crippen molar-refractivity contribution in [2.75, 3.05) is 14.1 Å². The molecule has 0 amide bonds. The maximum absolute atomic E-state index is 11.9. The number of hydrogen-bond donors (Lipinski definition) is 1. The minimum Gasteiger partial charge on any atom is -0.481 e. The van der Waals surface area contributed by atoms with Gasteiger partial charge in [0.2, 0.25) is 10.0 Å². The standard InChI is InChI=1S/C12H17NO4S/c1-9(7-12(14)15)10-5-4-6-11(8-10)18(16,17)13(2)3/h4-6,8-9H,7H2,1-3H3,(H,14,15). The van der Waals surface area contributed by atoms with Crippen molar-refractivity contribution in [2.45, 2.75) is 24.2 Å².